The van der Waals surface area contributed by atoms with E-state index in [0.29, 0.717) is 17.9 Å². The molecule has 2 atom stereocenters. The highest BCUT2D eigenvalue weighted by atomic mass is 16.3. The first-order valence-corrected chi connectivity index (χ1v) is 9.99. The molecule has 0 aromatic heterocycles. The lowest BCUT2D eigenvalue weighted by atomic mass is 9.89. The zero-order valence-corrected chi connectivity index (χ0v) is 15.7. The molecule has 8 nitrogen and oxygen atoms in total. The Bertz CT molecular complexity index is 779. The fourth-order valence-electron chi connectivity index (χ4n) is 4.73. The number of piperidine rings is 2. The van der Waals surface area contributed by atoms with Gasteiger partial charge in [0.1, 0.15) is 6.04 Å². The molecule has 0 aromatic rings. The van der Waals surface area contributed by atoms with Crippen molar-refractivity contribution < 1.29 is 24.3 Å². The van der Waals surface area contributed by atoms with Gasteiger partial charge in [-0.25, -0.2) is 0 Å². The van der Waals surface area contributed by atoms with Gasteiger partial charge in [0.25, 0.3) is 5.91 Å². The van der Waals surface area contributed by atoms with E-state index in [1.54, 1.807) is 0 Å². The molecule has 3 heterocycles. The Morgan fingerprint density at radius 2 is 1.86 bits per heavy atom. The molecule has 0 saturated carbocycles. The number of carbonyl (C=O) groups is 4. The predicted octanol–water partition coefficient (Wildman–Crippen LogP) is 0.0850. The van der Waals surface area contributed by atoms with Gasteiger partial charge in [0.15, 0.2) is 0 Å². The second-order valence-electron chi connectivity index (χ2n) is 7.91. The van der Waals surface area contributed by atoms with Crippen molar-refractivity contribution in [2.75, 3.05) is 19.7 Å². The van der Waals surface area contributed by atoms with E-state index in [-0.39, 0.29) is 31.3 Å². The number of aliphatic hydroxyl groups is 1. The third-order valence-corrected chi connectivity index (χ3v) is 6.27. The molecule has 150 valence electrons. The van der Waals surface area contributed by atoms with Gasteiger partial charge in [0, 0.05) is 31.8 Å². The molecule has 1 aliphatic carbocycles. The van der Waals surface area contributed by atoms with Crippen LogP contribution in [-0.4, -0.2) is 64.3 Å². The molecule has 0 spiro atoms. The average molecular weight is 387 g/mol. The molecule has 2 N–H and O–H groups in total. The van der Waals surface area contributed by atoms with Gasteiger partial charge in [-0.2, -0.15) is 0 Å². The maximum atomic E-state index is 13.2. The number of likely N-dealkylation sites (tertiary alicyclic amines) is 2. The van der Waals surface area contributed by atoms with Crippen molar-refractivity contribution in [1.82, 2.24) is 15.1 Å². The maximum absolute atomic E-state index is 13.2. The summed E-state index contributed by atoms with van der Waals surface area (Å²) in [4.78, 5) is 53.0. The highest BCUT2D eigenvalue weighted by Gasteiger charge is 2.51. The molecule has 4 aliphatic rings. The van der Waals surface area contributed by atoms with E-state index in [0.717, 1.165) is 42.9 Å². The number of nitrogens with zero attached hydrogens (tertiary/aromatic N) is 2. The van der Waals surface area contributed by atoms with Crippen LogP contribution in [0.25, 0.3) is 0 Å². The van der Waals surface area contributed by atoms with Gasteiger partial charge >= 0.3 is 0 Å². The molecule has 0 radical (unpaired) electrons. The van der Waals surface area contributed by atoms with E-state index in [2.05, 4.69) is 10.2 Å². The fraction of sp³-hybridized carbons (Fsp3) is 0.600. The van der Waals surface area contributed by atoms with Crippen molar-refractivity contribution in [2.45, 2.75) is 44.6 Å². The Hall–Kier alpha value is -2.48. The number of nitrogens with one attached hydrogen (secondary N) is 1. The number of allylic oxidation sites excluding steroid dienone is 2. The van der Waals surface area contributed by atoms with Crippen molar-refractivity contribution in [2.24, 2.45) is 11.8 Å². The summed E-state index contributed by atoms with van der Waals surface area (Å²) in [6.07, 6.45) is 7.26. The van der Waals surface area contributed by atoms with Crippen molar-refractivity contribution >= 4 is 23.6 Å². The first-order valence-electron chi connectivity index (χ1n) is 9.99. The summed E-state index contributed by atoms with van der Waals surface area (Å²) in [5, 5.41) is 11.4. The third-order valence-electron chi connectivity index (χ3n) is 6.27. The maximum Gasteiger partial charge on any atom is 0.260 e. The number of amides is 4. The molecule has 28 heavy (non-hydrogen) atoms. The molecule has 3 saturated heterocycles. The van der Waals surface area contributed by atoms with E-state index in [9.17, 15) is 19.2 Å². The number of aliphatic hydroxyl groups excluding tert-OH is 1. The van der Waals surface area contributed by atoms with Gasteiger partial charge in [-0.05, 0) is 44.1 Å². The second kappa shape index (κ2) is 7.50. The topological polar surface area (TPSA) is 107 Å². The van der Waals surface area contributed by atoms with Crippen molar-refractivity contribution in [1.29, 1.82) is 0 Å². The van der Waals surface area contributed by atoms with Gasteiger partial charge in [-0.15, -0.1) is 0 Å². The number of hydrogen-bond acceptors (Lipinski definition) is 6. The quantitative estimate of drug-likeness (QED) is 0.662. The third kappa shape index (κ3) is 3.15. The summed E-state index contributed by atoms with van der Waals surface area (Å²) in [6, 6.07) is -0.910. The summed E-state index contributed by atoms with van der Waals surface area (Å²) in [5.74, 6) is -1.75. The van der Waals surface area contributed by atoms with Gasteiger partial charge < -0.3 is 10.0 Å². The molecular weight excluding hydrogens is 362 g/mol. The highest BCUT2D eigenvalue weighted by molar-refractivity contribution is 6.18. The van der Waals surface area contributed by atoms with Crippen LogP contribution in [0.5, 0.6) is 0 Å². The minimum absolute atomic E-state index is 0.126. The SMILES string of the molecule is O=C1CCC(N2C(=O)C3=C(N4CCC(CCO)CC4)C=CCC3C2=O)C(=O)N1. The molecule has 4 amide bonds. The molecule has 8 heteroatoms. The Morgan fingerprint density at radius 3 is 2.54 bits per heavy atom. The largest absolute Gasteiger partial charge is 0.396 e. The molecule has 3 aliphatic heterocycles. The van der Waals surface area contributed by atoms with Crippen LogP contribution in [0.4, 0.5) is 0 Å². The van der Waals surface area contributed by atoms with E-state index in [1.165, 1.54) is 0 Å². The molecule has 0 bridgehead atoms. The number of rotatable bonds is 4. The van der Waals surface area contributed by atoms with Crippen LogP contribution in [0.3, 0.4) is 0 Å². The van der Waals surface area contributed by atoms with E-state index < -0.39 is 23.8 Å². The lowest BCUT2D eigenvalue weighted by Crippen LogP contribution is -2.54. The molecule has 2 unspecified atom stereocenters. The Balaban J connectivity index is 1.58. The van der Waals surface area contributed by atoms with Crippen molar-refractivity contribution in [3.63, 3.8) is 0 Å². The predicted molar refractivity (Wildman–Crippen MR) is 98.3 cm³/mol. The minimum atomic E-state index is -0.910. The number of fused-ring (bicyclic) bond motifs is 1. The molecule has 0 aromatic carbocycles. The highest BCUT2D eigenvalue weighted by Crippen LogP contribution is 2.39. The van der Waals surface area contributed by atoms with Crippen LogP contribution in [0.2, 0.25) is 0 Å². The van der Waals surface area contributed by atoms with Gasteiger partial charge in [0.05, 0.1) is 11.5 Å². The van der Waals surface area contributed by atoms with E-state index in [4.69, 9.17) is 5.11 Å². The summed E-state index contributed by atoms with van der Waals surface area (Å²) < 4.78 is 0. The number of imide groups is 2. The van der Waals surface area contributed by atoms with Crippen LogP contribution in [0, 0.1) is 11.8 Å². The van der Waals surface area contributed by atoms with Crippen LogP contribution < -0.4 is 5.32 Å². The normalized spacial score (nSPS) is 28.9. The Kier molecular flexibility index (Phi) is 5.05. The molecular formula is C20H25N3O5. The van der Waals surface area contributed by atoms with E-state index >= 15 is 0 Å². The lowest BCUT2D eigenvalue weighted by Gasteiger charge is -2.36. The van der Waals surface area contributed by atoms with Crippen LogP contribution in [-0.2, 0) is 19.2 Å². The van der Waals surface area contributed by atoms with Crippen LogP contribution >= 0.6 is 0 Å². The smallest absolute Gasteiger partial charge is 0.260 e. The summed E-state index contributed by atoms with van der Waals surface area (Å²) in [6.45, 7) is 1.75. The lowest BCUT2D eigenvalue weighted by molar-refractivity contribution is -0.150. The van der Waals surface area contributed by atoms with Crippen molar-refractivity contribution in [3.8, 4) is 0 Å². The van der Waals surface area contributed by atoms with Gasteiger partial charge in [-0.3, -0.25) is 29.4 Å². The first kappa shape index (κ1) is 18.9. The summed E-state index contributed by atoms with van der Waals surface area (Å²) >= 11 is 0. The monoisotopic (exact) mass is 387 g/mol. The average Bonchev–Trinajstić information content (AvgIpc) is 2.94. The molecule has 3 fully saturated rings. The first-order chi connectivity index (χ1) is 13.5. The Labute approximate surface area is 163 Å². The fourth-order valence-corrected chi connectivity index (χ4v) is 4.73. The van der Waals surface area contributed by atoms with E-state index in [1.807, 2.05) is 12.2 Å². The zero-order valence-electron chi connectivity index (χ0n) is 15.7. The minimum Gasteiger partial charge on any atom is -0.396 e. The summed E-state index contributed by atoms with van der Waals surface area (Å²) in [5.41, 5.74) is 1.27. The zero-order chi connectivity index (χ0) is 19.8. The molecule has 4 rings (SSSR count). The Morgan fingerprint density at radius 1 is 1.11 bits per heavy atom. The number of carbonyl (C=O) groups excluding carboxylic acids is 4. The summed E-state index contributed by atoms with van der Waals surface area (Å²) in [7, 11) is 0. The number of hydrogen-bond donors (Lipinski definition) is 2. The standard InChI is InChI=1S/C20H25N3O5/c24-11-8-12-6-9-22(10-7-12)14-3-1-2-13-17(14)20(28)23(19(13)27)15-4-5-16(25)21-18(15)26/h1,3,12-13,15,24H,2,4-11H2,(H,21,25,26). The van der Waals surface area contributed by atoms with Gasteiger partial charge in [-0.1, -0.05) is 6.08 Å². The van der Waals surface area contributed by atoms with Crippen molar-refractivity contribution in [3.05, 3.63) is 23.4 Å². The van der Waals surface area contributed by atoms with Crippen LogP contribution in [0.15, 0.2) is 23.4 Å². The second-order valence-corrected chi connectivity index (χ2v) is 7.91. The van der Waals surface area contributed by atoms with Gasteiger partial charge in [0.2, 0.25) is 17.7 Å². The van der Waals surface area contributed by atoms with Crippen LogP contribution in [0.1, 0.15) is 38.5 Å².